The third kappa shape index (κ3) is 3.39. The van der Waals surface area contributed by atoms with E-state index in [1.165, 1.54) is 29.5 Å². The van der Waals surface area contributed by atoms with E-state index in [0.717, 1.165) is 4.90 Å². The summed E-state index contributed by atoms with van der Waals surface area (Å²) in [4.78, 5) is 47.2. The number of nitrogens with one attached hydrogen (secondary N) is 1. The van der Waals surface area contributed by atoms with E-state index >= 15 is 0 Å². The molecule has 3 heterocycles. The van der Waals surface area contributed by atoms with Crippen LogP contribution in [0.4, 0.5) is 5.13 Å². The molecule has 0 unspecified atom stereocenters. The number of nitrogens with zero attached hydrogens (tertiary/aromatic N) is 3. The Morgan fingerprint density at radius 2 is 1.93 bits per heavy atom. The van der Waals surface area contributed by atoms with Gasteiger partial charge >= 0.3 is 0 Å². The smallest absolute Gasteiger partial charge is 0.261 e. The van der Waals surface area contributed by atoms with Crippen molar-refractivity contribution in [2.45, 2.75) is 12.4 Å². The number of amides is 3. The molecule has 0 radical (unpaired) electrons. The zero-order chi connectivity index (χ0) is 19.7. The number of aromatic nitrogens is 2. The molecule has 1 N–H and O–H groups in total. The molecule has 3 amide bonds. The van der Waals surface area contributed by atoms with Crippen LogP contribution in [0, 0.1) is 0 Å². The average molecular weight is 413 g/mol. The molecule has 140 valence electrons. The molecule has 7 nitrogen and oxygen atoms in total. The van der Waals surface area contributed by atoms with E-state index in [-0.39, 0.29) is 29.1 Å². The van der Waals surface area contributed by atoms with Gasteiger partial charge in [-0.15, -0.1) is 22.9 Å². The lowest BCUT2D eigenvalue weighted by molar-refractivity contribution is 0.0640. The van der Waals surface area contributed by atoms with E-state index in [1.54, 1.807) is 29.8 Å². The van der Waals surface area contributed by atoms with E-state index in [1.807, 2.05) is 0 Å². The minimum Gasteiger partial charge on any atom is -0.298 e. The second kappa shape index (κ2) is 7.49. The minimum absolute atomic E-state index is 0.0784. The molecule has 4 rings (SSSR count). The number of halogens is 1. The van der Waals surface area contributed by atoms with Crippen LogP contribution in [0.15, 0.2) is 48.0 Å². The number of carbonyl (C=O) groups is 3. The molecule has 0 fully saturated rings. The highest BCUT2D eigenvalue weighted by Crippen LogP contribution is 2.26. The van der Waals surface area contributed by atoms with E-state index in [0.29, 0.717) is 16.5 Å². The molecule has 0 spiro atoms. The third-order valence-corrected chi connectivity index (χ3v) is 5.27. The van der Waals surface area contributed by atoms with Gasteiger partial charge in [0.2, 0.25) is 0 Å². The highest BCUT2D eigenvalue weighted by molar-refractivity contribution is 7.14. The maximum Gasteiger partial charge on any atom is 0.261 e. The number of benzene rings is 1. The number of thiazole rings is 1. The molecule has 0 atom stereocenters. The van der Waals surface area contributed by atoms with Crippen LogP contribution in [0.25, 0.3) is 0 Å². The van der Waals surface area contributed by atoms with Crippen molar-refractivity contribution in [3.63, 3.8) is 0 Å². The minimum atomic E-state index is -0.445. The van der Waals surface area contributed by atoms with Crippen molar-refractivity contribution in [1.82, 2.24) is 14.9 Å². The van der Waals surface area contributed by atoms with Crippen LogP contribution >= 0.6 is 22.9 Å². The lowest BCUT2D eigenvalue weighted by Crippen LogP contribution is -2.29. The maximum atomic E-state index is 12.7. The van der Waals surface area contributed by atoms with Gasteiger partial charge < -0.3 is 0 Å². The summed E-state index contributed by atoms with van der Waals surface area (Å²) in [6.07, 6.45) is 1.60. The van der Waals surface area contributed by atoms with Crippen LogP contribution in [-0.4, -0.2) is 32.6 Å². The Kier molecular flexibility index (Phi) is 4.89. The van der Waals surface area contributed by atoms with Crippen LogP contribution in [-0.2, 0) is 12.4 Å². The first kappa shape index (κ1) is 18.3. The number of anilines is 1. The van der Waals surface area contributed by atoms with Gasteiger partial charge in [0.15, 0.2) is 5.13 Å². The Balaban J connectivity index is 1.55. The number of imide groups is 1. The molecule has 1 aliphatic heterocycles. The second-order valence-corrected chi connectivity index (χ2v) is 7.14. The van der Waals surface area contributed by atoms with E-state index in [9.17, 15) is 14.4 Å². The fourth-order valence-corrected chi connectivity index (χ4v) is 3.76. The van der Waals surface area contributed by atoms with E-state index in [2.05, 4.69) is 15.3 Å². The van der Waals surface area contributed by atoms with Gasteiger partial charge in [-0.2, -0.15) is 0 Å². The SMILES string of the molecule is O=C(Nc1nc(CCl)cs1)c1ccc2c(c1)C(=O)N(Cc1ccccn1)C2=O. The number of hydrogen-bond donors (Lipinski definition) is 1. The summed E-state index contributed by atoms with van der Waals surface area (Å²) in [6, 6.07) is 9.73. The number of hydrogen-bond acceptors (Lipinski definition) is 6. The van der Waals surface area contributed by atoms with Gasteiger partial charge in [0.1, 0.15) is 0 Å². The Hall–Kier alpha value is -3.10. The second-order valence-electron chi connectivity index (χ2n) is 6.01. The summed E-state index contributed by atoms with van der Waals surface area (Å²) in [5, 5.41) is 4.84. The zero-order valence-electron chi connectivity index (χ0n) is 14.4. The fourth-order valence-electron chi connectivity index (χ4n) is 2.82. The summed E-state index contributed by atoms with van der Waals surface area (Å²) >= 11 is 6.97. The topological polar surface area (TPSA) is 92.3 Å². The monoisotopic (exact) mass is 412 g/mol. The molecule has 0 bridgehead atoms. The molecular formula is C19H13ClN4O3S. The highest BCUT2D eigenvalue weighted by atomic mass is 35.5. The maximum absolute atomic E-state index is 12.7. The molecule has 0 saturated heterocycles. The Morgan fingerprint density at radius 3 is 2.64 bits per heavy atom. The molecule has 9 heteroatoms. The standard InChI is InChI=1S/C19H13ClN4O3S/c20-8-13-10-28-19(22-13)23-16(25)11-4-5-14-15(7-11)18(27)24(17(14)26)9-12-3-1-2-6-21-12/h1-7,10H,8-9H2,(H,22,23,25). The molecule has 1 aromatic carbocycles. The van der Waals surface area contributed by atoms with Crippen molar-refractivity contribution in [3.05, 3.63) is 76.1 Å². The summed E-state index contributed by atoms with van der Waals surface area (Å²) < 4.78 is 0. The lowest BCUT2D eigenvalue weighted by atomic mass is 10.1. The molecule has 0 saturated carbocycles. The van der Waals surface area contributed by atoms with Gasteiger partial charge in [-0.25, -0.2) is 4.98 Å². The molecular weight excluding hydrogens is 400 g/mol. The number of alkyl halides is 1. The fraction of sp³-hybridized carbons (Fsp3) is 0.105. The van der Waals surface area contributed by atoms with Crippen LogP contribution in [0.2, 0.25) is 0 Å². The van der Waals surface area contributed by atoms with Crippen LogP contribution in [0.5, 0.6) is 0 Å². The van der Waals surface area contributed by atoms with Crippen molar-refractivity contribution >= 4 is 45.8 Å². The normalized spacial score (nSPS) is 13.0. The highest BCUT2D eigenvalue weighted by Gasteiger charge is 2.36. The van der Waals surface area contributed by atoms with Gasteiger partial charge in [0, 0.05) is 17.1 Å². The first-order chi connectivity index (χ1) is 13.6. The summed E-state index contributed by atoms with van der Waals surface area (Å²) in [5.74, 6) is -1.00. The number of rotatable bonds is 5. The number of carbonyl (C=O) groups excluding carboxylic acids is 3. The predicted octanol–water partition coefficient (Wildman–Crippen LogP) is 3.33. The molecule has 3 aromatic rings. The van der Waals surface area contributed by atoms with Crippen molar-refractivity contribution in [2.75, 3.05) is 5.32 Å². The molecule has 1 aliphatic rings. The molecule has 28 heavy (non-hydrogen) atoms. The number of pyridine rings is 1. The summed E-state index contributed by atoms with van der Waals surface area (Å²) in [6.45, 7) is 0.0784. The third-order valence-electron chi connectivity index (χ3n) is 4.19. The quantitative estimate of drug-likeness (QED) is 0.512. The van der Waals surface area contributed by atoms with Crippen molar-refractivity contribution in [2.24, 2.45) is 0 Å². The van der Waals surface area contributed by atoms with Crippen LogP contribution in [0.1, 0.15) is 42.5 Å². The van der Waals surface area contributed by atoms with E-state index < -0.39 is 17.7 Å². The van der Waals surface area contributed by atoms with Crippen molar-refractivity contribution in [1.29, 1.82) is 0 Å². The zero-order valence-corrected chi connectivity index (χ0v) is 16.0. The van der Waals surface area contributed by atoms with Crippen LogP contribution in [0.3, 0.4) is 0 Å². The van der Waals surface area contributed by atoms with Gasteiger partial charge in [-0.05, 0) is 30.3 Å². The number of fused-ring (bicyclic) bond motifs is 1. The van der Waals surface area contributed by atoms with Gasteiger partial charge in [-0.3, -0.25) is 29.6 Å². The van der Waals surface area contributed by atoms with E-state index in [4.69, 9.17) is 11.6 Å². The van der Waals surface area contributed by atoms with Crippen LogP contribution < -0.4 is 5.32 Å². The summed E-state index contributed by atoms with van der Waals surface area (Å²) in [5.41, 5.74) is 2.02. The lowest BCUT2D eigenvalue weighted by Gasteiger charge is -2.12. The van der Waals surface area contributed by atoms with Crippen molar-refractivity contribution < 1.29 is 14.4 Å². The van der Waals surface area contributed by atoms with Crippen molar-refractivity contribution in [3.8, 4) is 0 Å². The Morgan fingerprint density at radius 1 is 1.11 bits per heavy atom. The van der Waals surface area contributed by atoms with Gasteiger partial charge in [-0.1, -0.05) is 6.07 Å². The molecule has 0 aliphatic carbocycles. The Labute approximate surface area is 169 Å². The first-order valence-corrected chi connectivity index (χ1v) is 9.70. The van der Waals surface area contributed by atoms with Gasteiger partial charge in [0.05, 0.1) is 34.9 Å². The largest absolute Gasteiger partial charge is 0.298 e. The Bertz CT molecular complexity index is 1080. The average Bonchev–Trinajstić information content (AvgIpc) is 3.27. The first-order valence-electron chi connectivity index (χ1n) is 8.28. The molecule has 2 aromatic heterocycles. The summed E-state index contributed by atoms with van der Waals surface area (Å²) in [7, 11) is 0. The van der Waals surface area contributed by atoms with Gasteiger partial charge in [0.25, 0.3) is 17.7 Å². The predicted molar refractivity (Wildman–Crippen MR) is 105 cm³/mol.